The van der Waals surface area contributed by atoms with E-state index in [1.807, 2.05) is 0 Å². The van der Waals surface area contributed by atoms with Crippen LogP contribution in [0.1, 0.15) is 11.7 Å². The predicted molar refractivity (Wildman–Crippen MR) is 54.0 cm³/mol. The molecule has 2 atom stereocenters. The molecule has 0 radical (unpaired) electrons. The van der Waals surface area contributed by atoms with Crippen molar-refractivity contribution in [3.05, 3.63) is 27.9 Å². The third-order valence-electron chi connectivity index (χ3n) is 2.02. The van der Waals surface area contributed by atoms with E-state index in [1.54, 1.807) is 0 Å². The summed E-state index contributed by atoms with van der Waals surface area (Å²) < 4.78 is 4.78. The van der Waals surface area contributed by atoms with Gasteiger partial charge in [-0.25, -0.2) is 4.98 Å². The lowest BCUT2D eigenvalue weighted by atomic mass is 10.1. The van der Waals surface area contributed by atoms with E-state index >= 15 is 0 Å². The van der Waals surface area contributed by atoms with E-state index in [9.17, 15) is 15.2 Å². The van der Waals surface area contributed by atoms with E-state index in [1.165, 1.54) is 13.2 Å². The van der Waals surface area contributed by atoms with E-state index in [4.69, 9.17) is 15.1 Å². The Morgan fingerprint density at radius 2 is 2.29 bits per heavy atom. The molecule has 1 aromatic rings. The second-order valence-corrected chi connectivity index (χ2v) is 3.07. The molecule has 8 heteroatoms. The number of pyridine rings is 1. The summed E-state index contributed by atoms with van der Waals surface area (Å²) in [5, 5.41) is 37.7. The standard InChI is InChI=1S/C9H9N3O5/c1-17-9-6(8(14)7(13)3-10)2-5(4-11-9)12(15)16/h2,4,7-8,13-14H,1H3. The maximum absolute atomic E-state index is 10.5. The SMILES string of the molecule is COc1ncc([N+](=O)[O-])cc1C(O)C(O)C#N. The summed E-state index contributed by atoms with van der Waals surface area (Å²) in [5.41, 5.74) is -0.485. The van der Waals surface area contributed by atoms with E-state index in [-0.39, 0.29) is 17.1 Å². The van der Waals surface area contributed by atoms with E-state index < -0.39 is 17.1 Å². The summed E-state index contributed by atoms with van der Waals surface area (Å²) in [6, 6.07) is 2.41. The Kier molecular flexibility index (Phi) is 3.92. The fraction of sp³-hybridized carbons (Fsp3) is 0.333. The van der Waals surface area contributed by atoms with Crippen LogP contribution in [0, 0.1) is 21.4 Å². The minimum Gasteiger partial charge on any atom is -0.481 e. The Hall–Kier alpha value is -2.24. The summed E-state index contributed by atoms with van der Waals surface area (Å²) in [6.45, 7) is 0. The third-order valence-corrected chi connectivity index (χ3v) is 2.02. The van der Waals surface area contributed by atoms with Crippen LogP contribution in [0.5, 0.6) is 5.88 Å². The van der Waals surface area contributed by atoms with Gasteiger partial charge >= 0.3 is 0 Å². The maximum atomic E-state index is 10.5. The van der Waals surface area contributed by atoms with E-state index in [2.05, 4.69) is 4.98 Å². The number of nitrogens with zero attached hydrogens (tertiary/aromatic N) is 3. The number of methoxy groups -OCH3 is 1. The van der Waals surface area contributed by atoms with Crippen molar-refractivity contribution < 1.29 is 19.9 Å². The van der Waals surface area contributed by atoms with Crippen molar-refractivity contribution in [3.8, 4) is 11.9 Å². The lowest BCUT2D eigenvalue weighted by molar-refractivity contribution is -0.385. The van der Waals surface area contributed by atoms with Gasteiger partial charge in [0.2, 0.25) is 5.88 Å². The Labute approximate surface area is 95.9 Å². The van der Waals surface area contributed by atoms with Gasteiger partial charge in [0.25, 0.3) is 5.69 Å². The van der Waals surface area contributed by atoms with Crippen LogP contribution in [0.15, 0.2) is 12.3 Å². The number of aliphatic hydroxyl groups excluding tert-OH is 2. The quantitative estimate of drug-likeness (QED) is 0.426. The molecule has 0 fully saturated rings. The third kappa shape index (κ3) is 2.66. The first-order valence-corrected chi connectivity index (χ1v) is 4.45. The Morgan fingerprint density at radius 1 is 1.65 bits per heavy atom. The van der Waals surface area contributed by atoms with Gasteiger partial charge in [-0.3, -0.25) is 10.1 Å². The van der Waals surface area contributed by atoms with Gasteiger partial charge in [-0.1, -0.05) is 0 Å². The Bertz CT molecular complexity index is 470. The van der Waals surface area contributed by atoms with Gasteiger partial charge in [0.05, 0.1) is 23.7 Å². The minimum atomic E-state index is -1.72. The number of hydrogen-bond acceptors (Lipinski definition) is 7. The first-order valence-electron chi connectivity index (χ1n) is 4.45. The van der Waals surface area contributed by atoms with Crippen molar-refractivity contribution >= 4 is 5.69 Å². The van der Waals surface area contributed by atoms with Crippen LogP contribution in [-0.2, 0) is 0 Å². The van der Waals surface area contributed by atoms with Gasteiger partial charge in [-0.2, -0.15) is 5.26 Å². The number of rotatable bonds is 4. The first kappa shape index (κ1) is 12.8. The zero-order valence-corrected chi connectivity index (χ0v) is 8.77. The molecule has 90 valence electrons. The molecule has 2 N–H and O–H groups in total. The molecule has 0 saturated heterocycles. The molecule has 1 heterocycles. The molecule has 0 amide bonds. The van der Waals surface area contributed by atoms with Gasteiger partial charge in [-0.05, 0) is 0 Å². The van der Waals surface area contributed by atoms with Gasteiger partial charge in [0, 0.05) is 6.07 Å². The van der Waals surface area contributed by atoms with Crippen molar-refractivity contribution in [1.82, 2.24) is 4.98 Å². The first-order chi connectivity index (χ1) is 8.01. The van der Waals surface area contributed by atoms with Gasteiger partial charge in [0.15, 0.2) is 6.10 Å². The van der Waals surface area contributed by atoms with Crippen LogP contribution in [-0.4, -0.2) is 33.3 Å². The summed E-state index contributed by atoms with van der Waals surface area (Å²) in [7, 11) is 1.25. The number of aliphatic hydroxyl groups is 2. The van der Waals surface area contributed by atoms with Crippen molar-refractivity contribution in [1.29, 1.82) is 5.26 Å². The molecular formula is C9H9N3O5. The molecular weight excluding hydrogens is 230 g/mol. The second-order valence-electron chi connectivity index (χ2n) is 3.07. The van der Waals surface area contributed by atoms with Crippen molar-refractivity contribution in [2.75, 3.05) is 7.11 Å². The molecule has 1 rings (SSSR count). The van der Waals surface area contributed by atoms with Crippen LogP contribution in [0.3, 0.4) is 0 Å². The highest BCUT2D eigenvalue weighted by molar-refractivity contribution is 5.39. The summed E-state index contributed by atoms with van der Waals surface area (Å²) in [5.74, 6) is -0.0857. The molecule has 2 unspecified atom stereocenters. The number of hydrogen-bond donors (Lipinski definition) is 2. The van der Waals surface area contributed by atoms with Gasteiger partial charge < -0.3 is 14.9 Å². The lowest BCUT2D eigenvalue weighted by Gasteiger charge is -2.14. The molecule has 0 aromatic carbocycles. The monoisotopic (exact) mass is 239 g/mol. The average molecular weight is 239 g/mol. The molecule has 0 bridgehead atoms. The largest absolute Gasteiger partial charge is 0.481 e. The highest BCUT2D eigenvalue weighted by Gasteiger charge is 2.25. The lowest BCUT2D eigenvalue weighted by Crippen LogP contribution is -2.17. The number of ether oxygens (including phenoxy) is 1. The van der Waals surface area contributed by atoms with Crippen LogP contribution >= 0.6 is 0 Å². The van der Waals surface area contributed by atoms with Crippen molar-refractivity contribution in [2.24, 2.45) is 0 Å². The van der Waals surface area contributed by atoms with Crippen molar-refractivity contribution in [2.45, 2.75) is 12.2 Å². The minimum absolute atomic E-state index is 0.0857. The second kappa shape index (κ2) is 5.20. The molecule has 1 aromatic heterocycles. The molecule has 0 aliphatic rings. The van der Waals surface area contributed by atoms with Gasteiger partial charge in [-0.15, -0.1) is 0 Å². The molecule has 17 heavy (non-hydrogen) atoms. The van der Waals surface area contributed by atoms with Crippen LogP contribution in [0.4, 0.5) is 5.69 Å². The van der Waals surface area contributed by atoms with Crippen molar-refractivity contribution in [3.63, 3.8) is 0 Å². The predicted octanol–water partition coefficient (Wildman–Crippen LogP) is -0.0837. The van der Waals surface area contributed by atoms with Crippen LogP contribution in [0.2, 0.25) is 0 Å². The zero-order valence-electron chi connectivity index (χ0n) is 8.77. The van der Waals surface area contributed by atoms with E-state index in [0.29, 0.717) is 0 Å². The summed E-state index contributed by atoms with van der Waals surface area (Å²) >= 11 is 0. The normalized spacial score (nSPS) is 13.5. The van der Waals surface area contributed by atoms with Gasteiger partial charge in [0.1, 0.15) is 12.3 Å². The molecule has 0 aliphatic heterocycles. The average Bonchev–Trinajstić information content (AvgIpc) is 2.35. The fourth-order valence-electron chi connectivity index (χ4n) is 1.18. The fourth-order valence-corrected chi connectivity index (χ4v) is 1.18. The number of nitro groups is 1. The molecule has 0 saturated carbocycles. The number of nitriles is 1. The topological polar surface area (TPSA) is 130 Å². The highest BCUT2D eigenvalue weighted by atomic mass is 16.6. The Morgan fingerprint density at radius 3 is 2.76 bits per heavy atom. The molecule has 0 aliphatic carbocycles. The van der Waals surface area contributed by atoms with E-state index in [0.717, 1.165) is 12.3 Å². The Balaban J connectivity index is 3.24. The smallest absolute Gasteiger partial charge is 0.288 e. The summed E-state index contributed by atoms with van der Waals surface area (Å²) in [4.78, 5) is 13.4. The molecule has 0 spiro atoms. The maximum Gasteiger partial charge on any atom is 0.288 e. The summed E-state index contributed by atoms with van der Waals surface area (Å²) in [6.07, 6.45) is -2.39. The highest BCUT2D eigenvalue weighted by Crippen LogP contribution is 2.28. The zero-order chi connectivity index (χ0) is 13.0. The van der Waals surface area contributed by atoms with Crippen LogP contribution in [0.25, 0.3) is 0 Å². The van der Waals surface area contributed by atoms with Crippen LogP contribution < -0.4 is 4.74 Å². The molecule has 8 nitrogen and oxygen atoms in total. The number of aromatic nitrogens is 1.